The molecule has 1 atom stereocenters. The van der Waals surface area contributed by atoms with Gasteiger partial charge in [-0.05, 0) is 25.1 Å². The van der Waals surface area contributed by atoms with Crippen LogP contribution < -0.4 is 10.1 Å². The van der Waals surface area contributed by atoms with Crippen LogP contribution in [0.3, 0.4) is 0 Å². The number of hydrogen-bond acceptors (Lipinski definition) is 3. The number of nitrogens with one attached hydrogen (secondary N) is 1. The molecule has 0 aliphatic rings. The predicted octanol–water partition coefficient (Wildman–Crippen LogP) is 2.36. The first-order valence-corrected chi connectivity index (χ1v) is 5.97. The molecule has 0 aliphatic heterocycles. The van der Waals surface area contributed by atoms with Gasteiger partial charge in [0.1, 0.15) is 12.4 Å². The van der Waals surface area contributed by atoms with Crippen LogP contribution in [0.1, 0.15) is 13.3 Å². The van der Waals surface area contributed by atoms with E-state index in [0.29, 0.717) is 6.61 Å². The third-order valence-corrected chi connectivity index (χ3v) is 2.38. The van der Waals surface area contributed by atoms with Gasteiger partial charge in [-0.25, -0.2) is 8.78 Å². The molecule has 0 amide bonds. The Hall–Kier alpha value is -1.20. The first-order valence-electron chi connectivity index (χ1n) is 5.97. The summed E-state index contributed by atoms with van der Waals surface area (Å²) >= 11 is 0. The molecule has 0 aliphatic carbocycles. The van der Waals surface area contributed by atoms with E-state index in [-0.39, 0.29) is 18.4 Å². The topological polar surface area (TPSA) is 30.5 Å². The molecule has 0 saturated carbocycles. The Kier molecular flexibility index (Phi) is 6.60. The van der Waals surface area contributed by atoms with Crippen molar-refractivity contribution in [3.05, 3.63) is 29.8 Å². The number of benzene rings is 1. The summed E-state index contributed by atoms with van der Waals surface area (Å²) in [5.41, 5.74) is 0. The Morgan fingerprint density at radius 2 is 2.06 bits per heavy atom. The molecule has 0 radical (unpaired) electrons. The maximum Gasteiger partial charge on any atom is 0.165 e. The monoisotopic (exact) mass is 259 g/mol. The molecule has 0 saturated heterocycles. The van der Waals surface area contributed by atoms with Crippen LogP contribution in [0, 0.1) is 11.6 Å². The molecule has 5 heteroatoms. The summed E-state index contributed by atoms with van der Waals surface area (Å²) in [4.78, 5) is 0. The van der Waals surface area contributed by atoms with Crippen molar-refractivity contribution in [1.82, 2.24) is 5.32 Å². The van der Waals surface area contributed by atoms with E-state index < -0.39 is 11.6 Å². The molecular formula is C13H19F2NO2. The van der Waals surface area contributed by atoms with E-state index in [1.54, 1.807) is 7.11 Å². The largest absolute Gasteiger partial charge is 0.489 e. The van der Waals surface area contributed by atoms with E-state index in [1.165, 1.54) is 0 Å². The van der Waals surface area contributed by atoms with Gasteiger partial charge in [0.15, 0.2) is 11.6 Å². The van der Waals surface area contributed by atoms with Gasteiger partial charge in [0, 0.05) is 13.2 Å². The Bertz CT molecular complexity index is 361. The van der Waals surface area contributed by atoms with Crippen LogP contribution in [-0.2, 0) is 4.74 Å². The average molecular weight is 259 g/mol. The number of hydrogen-bond donors (Lipinski definition) is 1. The molecule has 0 bridgehead atoms. The second-order valence-electron chi connectivity index (χ2n) is 3.99. The van der Waals surface area contributed by atoms with Gasteiger partial charge in [-0.2, -0.15) is 0 Å². The highest BCUT2D eigenvalue weighted by molar-refractivity contribution is 5.24. The summed E-state index contributed by atoms with van der Waals surface area (Å²) in [5, 5.41) is 3.21. The molecule has 1 N–H and O–H groups in total. The second-order valence-corrected chi connectivity index (χ2v) is 3.99. The van der Waals surface area contributed by atoms with Crippen molar-refractivity contribution in [3.63, 3.8) is 0 Å². The fraction of sp³-hybridized carbons (Fsp3) is 0.538. The third kappa shape index (κ3) is 4.98. The molecule has 1 aromatic rings. The van der Waals surface area contributed by atoms with Crippen molar-refractivity contribution < 1.29 is 18.3 Å². The Morgan fingerprint density at radius 3 is 2.72 bits per heavy atom. The van der Waals surface area contributed by atoms with Crippen LogP contribution in [0.2, 0.25) is 0 Å². The predicted molar refractivity (Wildman–Crippen MR) is 65.8 cm³/mol. The maximum absolute atomic E-state index is 13.3. The normalized spacial score (nSPS) is 12.4. The lowest BCUT2D eigenvalue weighted by Gasteiger charge is -2.18. The highest BCUT2D eigenvalue weighted by atomic mass is 19.1. The van der Waals surface area contributed by atoms with Gasteiger partial charge in [0.05, 0.1) is 12.6 Å². The molecule has 0 spiro atoms. The van der Waals surface area contributed by atoms with Crippen molar-refractivity contribution in [2.24, 2.45) is 0 Å². The van der Waals surface area contributed by atoms with E-state index in [9.17, 15) is 8.78 Å². The molecule has 0 heterocycles. The lowest BCUT2D eigenvalue weighted by Crippen LogP contribution is -2.38. The SMILES string of the molecule is CCCNC(COC)COc1cc(F)ccc1F. The smallest absolute Gasteiger partial charge is 0.165 e. The highest BCUT2D eigenvalue weighted by Gasteiger charge is 2.11. The van der Waals surface area contributed by atoms with Gasteiger partial charge in [-0.15, -0.1) is 0 Å². The van der Waals surface area contributed by atoms with Gasteiger partial charge >= 0.3 is 0 Å². The molecule has 1 aromatic carbocycles. The first kappa shape index (κ1) is 14.9. The summed E-state index contributed by atoms with van der Waals surface area (Å²) < 4.78 is 36.6. The molecule has 0 fully saturated rings. The standard InChI is InChI=1S/C13H19F2NO2/c1-3-6-16-11(8-17-2)9-18-13-7-10(14)4-5-12(13)15/h4-5,7,11,16H,3,6,8-9H2,1-2H3. The summed E-state index contributed by atoms with van der Waals surface area (Å²) in [6, 6.07) is 3.11. The molecule has 3 nitrogen and oxygen atoms in total. The Balaban J connectivity index is 2.52. The molecule has 102 valence electrons. The fourth-order valence-electron chi connectivity index (χ4n) is 1.49. The zero-order chi connectivity index (χ0) is 13.4. The minimum atomic E-state index is -0.567. The van der Waals surface area contributed by atoms with Crippen LogP contribution in [0.5, 0.6) is 5.75 Å². The number of rotatable bonds is 8. The number of halogens is 2. The van der Waals surface area contributed by atoms with E-state index >= 15 is 0 Å². The van der Waals surface area contributed by atoms with E-state index in [2.05, 4.69) is 5.32 Å². The molecule has 0 aromatic heterocycles. The molecular weight excluding hydrogens is 240 g/mol. The highest BCUT2D eigenvalue weighted by Crippen LogP contribution is 2.18. The zero-order valence-corrected chi connectivity index (χ0v) is 10.7. The van der Waals surface area contributed by atoms with Crippen LogP contribution in [-0.4, -0.2) is 32.9 Å². The van der Waals surface area contributed by atoms with Crippen LogP contribution >= 0.6 is 0 Å². The lowest BCUT2D eigenvalue weighted by molar-refractivity contribution is 0.134. The van der Waals surface area contributed by atoms with E-state index in [4.69, 9.17) is 9.47 Å². The van der Waals surface area contributed by atoms with Crippen LogP contribution in [0.25, 0.3) is 0 Å². The van der Waals surface area contributed by atoms with Crippen molar-refractivity contribution >= 4 is 0 Å². The first-order chi connectivity index (χ1) is 8.67. The van der Waals surface area contributed by atoms with Crippen molar-refractivity contribution in [2.45, 2.75) is 19.4 Å². The summed E-state index contributed by atoms with van der Waals surface area (Å²) in [7, 11) is 1.59. The van der Waals surface area contributed by atoms with Crippen molar-refractivity contribution in [3.8, 4) is 5.75 Å². The van der Waals surface area contributed by atoms with E-state index in [0.717, 1.165) is 31.2 Å². The van der Waals surface area contributed by atoms with Crippen LogP contribution in [0.4, 0.5) is 8.78 Å². The Labute approximate surface area is 106 Å². The quantitative estimate of drug-likeness (QED) is 0.777. The van der Waals surface area contributed by atoms with E-state index in [1.807, 2.05) is 6.92 Å². The maximum atomic E-state index is 13.3. The zero-order valence-electron chi connectivity index (χ0n) is 10.7. The van der Waals surface area contributed by atoms with Crippen molar-refractivity contribution in [2.75, 3.05) is 26.9 Å². The van der Waals surface area contributed by atoms with Gasteiger partial charge in [-0.1, -0.05) is 6.92 Å². The average Bonchev–Trinajstić information content (AvgIpc) is 2.36. The van der Waals surface area contributed by atoms with Crippen molar-refractivity contribution in [1.29, 1.82) is 0 Å². The second kappa shape index (κ2) is 8.00. The summed E-state index contributed by atoms with van der Waals surface area (Å²) in [6.07, 6.45) is 0.981. The van der Waals surface area contributed by atoms with Gasteiger partial charge in [-0.3, -0.25) is 0 Å². The minimum Gasteiger partial charge on any atom is -0.489 e. The summed E-state index contributed by atoms with van der Waals surface area (Å²) in [5.74, 6) is -1.16. The lowest BCUT2D eigenvalue weighted by atomic mass is 10.3. The van der Waals surface area contributed by atoms with Crippen LogP contribution in [0.15, 0.2) is 18.2 Å². The van der Waals surface area contributed by atoms with Gasteiger partial charge in [0.25, 0.3) is 0 Å². The molecule has 1 unspecified atom stereocenters. The Morgan fingerprint density at radius 1 is 1.28 bits per heavy atom. The number of ether oxygens (including phenoxy) is 2. The third-order valence-electron chi connectivity index (χ3n) is 2.38. The summed E-state index contributed by atoms with van der Waals surface area (Å²) in [6.45, 7) is 3.55. The van der Waals surface area contributed by atoms with Gasteiger partial charge in [0.2, 0.25) is 0 Å². The molecule has 1 rings (SSSR count). The fourth-order valence-corrected chi connectivity index (χ4v) is 1.49. The molecule has 18 heavy (non-hydrogen) atoms. The number of methoxy groups -OCH3 is 1. The minimum absolute atomic E-state index is 0.0439. The van der Waals surface area contributed by atoms with Gasteiger partial charge < -0.3 is 14.8 Å².